The zero-order chi connectivity index (χ0) is 22.2. The van der Waals surface area contributed by atoms with Crippen molar-refractivity contribution in [1.82, 2.24) is 10.2 Å². The maximum Gasteiger partial charge on any atom is 0.271 e. The topological polar surface area (TPSA) is 83.1 Å². The first-order valence-electron chi connectivity index (χ1n) is 11.1. The molecule has 0 bridgehead atoms. The third-order valence-electron chi connectivity index (χ3n) is 5.81. The molecule has 2 aromatic rings. The quantitative estimate of drug-likeness (QED) is 0.573. The SMILES string of the molecule is O=C(Nc1ccccc1)C(=CC(O)(Cc1ccccc1)C1COCCO1)N1CCNCC1. The predicted molar refractivity (Wildman–Crippen MR) is 123 cm³/mol. The Bertz CT molecular complexity index is 894. The molecule has 0 radical (unpaired) electrons. The van der Waals surface area contributed by atoms with Gasteiger partial charge in [-0.05, 0) is 23.8 Å². The van der Waals surface area contributed by atoms with Crippen molar-refractivity contribution in [2.24, 2.45) is 0 Å². The molecule has 2 aromatic carbocycles. The van der Waals surface area contributed by atoms with Crippen molar-refractivity contribution in [3.8, 4) is 0 Å². The van der Waals surface area contributed by atoms with E-state index in [-0.39, 0.29) is 12.5 Å². The largest absolute Gasteiger partial charge is 0.383 e. The maximum atomic E-state index is 13.4. The zero-order valence-electron chi connectivity index (χ0n) is 18.2. The number of para-hydroxylation sites is 1. The average Bonchev–Trinajstić information content (AvgIpc) is 2.85. The summed E-state index contributed by atoms with van der Waals surface area (Å²) < 4.78 is 11.5. The molecular weight excluding hydrogens is 406 g/mol. The van der Waals surface area contributed by atoms with Crippen molar-refractivity contribution in [2.75, 3.05) is 51.3 Å². The van der Waals surface area contributed by atoms with E-state index in [1.165, 1.54) is 0 Å². The molecule has 2 saturated heterocycles. The van der Waals surface area contributed by atoms with E-state index in [0.717, 1.165) is 18.7 Å². The summed E-state index contributed by atoms with van der Waals surface area (Å²) in [6.45, 7) is 4.09. The van der Waals surface area contributed by atoms with E-state index in [0.29, 0.717) is 44.1 Å². The molecule has 0 saturated carbocycles. The number of hydrogen-bond donors (Lipinski definition) is 3. The van der Waals surface area contributed by atoms with Crippen LogP contribution in [0, 0.1) is 0 Å². The van der Waals surface area contributed by atoms with Crippen LogP contribution in [0.25, 0.3) is 0 Å². The molecule has 1 amide bonds. The summed E-state index contributed by atoms with van der Waals surface area (Å²) in [4.78, 5) is 15.4. The van der Waals surface area contributed by atoms with Crippen molar-refractivity contribution in [1.29, 1.82) is 0 Å². The highest BCUT2D eigenvalue weighted by Gasteiger charge is 2.39. The standard InChI is InChI=1S/C25H31N3O4/c29-24(27-21-9-5-2-6-10-21)22(28-13-11-26-12-14-28)18-25(30,23-19-31-15-16-32-23)17-20-7-3-1-4-8-20/h1-10,18,23,26,30H,11-17,19H2,(H,27,29). The molecule has 0 aliphatic carbocycles. The van der Waals surface area contributed by atoms with Crippen LogP contribution in [-0.4, -0.2) is 73.6 Å². The summed E-state index contributed by atoms with van der Waals surface area (Å²) in [5.74, 6) is -0.249. The second-order valence-corrected chi connectivity index (χ2v) is 8.17. The molecule has 3 N–H and O–H groups in total. The zero-order valence-corrected chi connectivity index (χ0v) is 18.2. The van der Waals surface area contributed by atoms with Crippen molar-refractivity contribution in [2.45, 2.75) is 18.1 Å². The highest BCUT2D eigenvalue weighted by Crippen LogP contribution is 2.27. The highest BCUT2D eigenvalue weighted by molar-refractivity contribution is 6.03. The lowest BCUT2D eigenvalue weighted by Crippen LogP contribution is -2.52. The molecule has 2 fully saturated rings. The summed E-state index contributed by atoms with van der Waals surface area (Å²) in [5.41, 5.74) is 0.713. The van der Waals surface area contributed by atoms with Gasteiger partial charge in [-0.3, -0.25) is 4.79 Å². The van der Waals surface area contributed by atoms with Gasteiger partial charge in [0.05, 0.1) is 19.8 Å². The first-order valence-corrected chi connectivity index (χ1v) is 11.1. The molecule has 2 heterocycles. The van der Waals surface area contributed by atoms with E-state index in [4.69, 9.17) is 9.47 Å². The van der Waals surface area contributed by atoms with E-state index in [2.05, 4.69) is 10.6 Å². The Hall–Kier alpha value is -2.71. The van der Waals surface area contributed by atoms with Gasteiger partial charge < -0.3 is 30.1 Å². The number of carbonyl (C=O) groups excluding carboxylic acids is 1. The van der Waals surface area contributed by atoms with Gasteiger partial charge in [-0.2, -0.15) is 0 Å². The fourth-order valence-electron chi connectivity index (χ4n) is 4.12. The fraction of sp³-hybridized carbons (Fsp3) is 0.400. The highest BCUT2D eigenvalue weighted by atomic mass is 16.6. The fourth-order valence-corrected chi connectivity index (χ4v) is 4.12. The van der Waals surface area contributed by atoms with Gasteiger partial charge in [0.2, 0.25) is 0 Å². The van der Waals surface area contributed by atoms with Gasteiger partial charge >= 0.3 is 0 Å². The number of hydrogen-bond acceptors (Lipinski definition) is 6. The maximum absolute atomic E-state index is 13.4. The number of rotatable bonds is 7. The molecule has 4 rings (SSSR count). The van der Waals surface area contributed by atoms with Gasteiger partial charge in [0.1, 0.15) is 17.4 Å². The summed E-state index contributed by atoms with van der Waals surface area (Å²) in [7, 11) is 0. The number of carbonyl (C=O) groups is 1. The predicted octanol–water partition coefficient (Wildman–Crippen LogP) is 1.80. The van der Waals surface area contributed by atoms with Gasteiger partial charge in [-0.25, -0.2) is 0 Å². The lowest BCUT2D eigenvalue weighted by molar-refractivity contribution is -0.158. The Morgan fingerprint density at radius 3 is 2.44 bits per heavy atom. The van der Waals surface area contributed by atoms with Crippen LogP contribution >= 0.6 is 0 Å². The minimum atomic E-state index is -1.41. The molecule has 2 aliphatic heterocycles. The van der Waals surface area contributed by atoms with Gasteiger partial charge in [-0.1, -0.05) is 48.5 Å². The summed E-state index contributed by atoms with van der Waals surface area (Å²) >= 11 is 0. The number of aliphatic hydroxyl groups is 1. The number of nitrogens with zero attached hydrogens (tertiary/aromatic N) is 1. The Morgan fingerprint density at radius 1 is 1.09 bits per heavy atom. The Balaban J connectivity index is 1.68. The van der Waals surface area contributed by atoms with Crippen LogP contribution in [0.5, 0.6) is 0 Å². The normalized spacial score (nSPS) is 21.6. The number of anilines is 1. The summed E-state index contributed by atoms with van der Waals surface area (Å²) in [6.07, 6.45) is 1.43. The summed E-state index contributed by atoms with van der Waals surface area (Å²) in [6, 6.07) is 19.1. The van der Waals surface area contributed by atoms with Crippen LogP contribution in [-0.2, 0) is 20.7 Å². The smallest absolute Gasteiger partial charge is 0.271 e. The minimum absolute atomic E-state index is 0.249. The Labute approximate surface area is 189 Å². The van der Waals surface area contributed by atoms with Crippen molar-refractivity contribution in [3.63, 3.8) is 0 Å². The first kappa shape index (κ1) is 22.5. The van der Waals surface area contributed by atoms with Crippen LogP contribution in [0.15, 0.2) is 72.4 Å². The van der Waals surface area contributed by atoms with E-state index >= 15 is 0 Å². The second kappa shape index (κ2) is 10.7. The summed E-state index contributed by atoms with van der Waals surface area (Å²) in [5, 5.41) is 18.2. The number of nitrogens with one attached hydrogen (secondary N) is 2. The van der Waals surface area contributed by atoms with E-state index < -0.39 is 11.7 Å². The Kier molecular flexibility index (Phi) is 7.55. The molecule has 7 nitrogen and oxygen atoms in total. The molecular formula is C25H31N3O4. The molecule has 0 spiro atoms. The van der Waals surface area contributed by atoms with E-state index in [9.17, 15) is 9.90 Å². The Morgan fingerprint density at radius 2 is 1.78 bits per heavy atom. The van der Waals surface area contributed by atoms with E-state index in [1.54, 1.807) is 6.08 Å². The number of piperazine rings is 1. The molecule has 2 aliphatic rings. The average molecular weight is 438 g/mol. The van der Waals surface area contributed by atoms with Crippen molar-refractivity contribution < 1.29 is 19.4 Å². The molecule has 2 atom stereocenters. The third-order valence-corrected chi connectivity index (χ3v) is 5.81. The van der Waals surface area contributed by atoms with Crippen LogP contribution in [0.4, 0.5) is 5.69 Å². The van der Waals surface area contributed by atoms with Crippen LogP contribution in [0.1, 0.15) is 5.56 Å². The molecule has 2 unspecified atom stereocenters. The molecule has 0 aromatic heterocycles. The lowest BCUT2D eigenvalue weighted by atomic mass is 9.87. The van der Waals surface area contributed by atoms with Crippen molar-refractivity contribution >= 4 is 11.6 Å². The van der Waals surface area contributed by atoms with Gasteiger partial charge in [0.25, 0.3) is 5.91 Å². The number of benzene rings is 2. The monoisotopic (exact) mass is 437 g/mol. The van der Waals surface area contributed by atoms with Gasteiger partial charge in [-0.15, -0.1) is 0 Å². The minimum Gasteiger partial charge on any atom is -0.383 e. The van der Waals surface area contributed by atoms with Gasteiger partial charge in [0.15, 0.2) is 0 Å². The first-order chi connectivity index (χ1) is 15.6. The van der Waals surface area contributed by atoms with Crippen LogP contribution in [0.3, 0.4) is 0 Å². The number of amides is 1. The van der Waals surface area contributed by atoms with Crippen molar-refractivity contribution in [3.05, 3.63) is 78.0 Å². The molecule has 32 heavy (non-hydrogen) atoms. The van der Waals surface area contributed by atoms with E-state index in [1.807, 2.05) is 65.6 Å². The molecule has 170 valence electrons. The molecule has 7 heteroatoms. The lowest BCUT2D eigenvalue weighted by Gasteiger charge is -2.38. The van der Waals surface area contributed by atoms with Crippen LogP contribution in [0.2, 0.25) is 0 Å². The third kappa shape index (κ3) is 5.75. The second-order valence-electron chi connectivity index (χ2n) is 8.17. The van der Waals surface area contributed by atoms with Crippen LogP contribution < -0.4 is 10.6 Å². The van der Waals surface area contributed by atoms with Gasteiger partial charge in [0, 0.05) is 38.3 Å². The number of ether oxygens (including phenoxy) is 2.